The lowest BCUT2D eigenvalue weighted by Crippen LogP contribution is -1.87. The standard InChI is InChI=1S/C9H8BrNOS/c10-3-5-1-2-6(11)8-7(12)4-13-9(5)8/h1-2,4,12H,3,11H2. The Morgan fingerprint density at radius 1 is 1.46 bits per heavy atom. The average molecular weight is 258 g/mol. The fraction of sp³-hybridized carbons (Fsp3) is 0.111. The molecule has 1 aromatic heterocycles. The molecule has 2 aromatic rings. The van der Waals surface area contributed by atoms with Gasteiger partial charge in [0.25, 0.3) is 0 Å². The van der Waals surface area contributed by atoms with E-state index in [4.69, 9.17) is 5.73 Å². The Kier molecular flexibility index (Phi) is 2.17. The van der Waals surface area contributed by atoms with E-state index in [1.807, 2.05) is 12.1 Å². The van der Waals surface area contributed by atoms with E-state index in [1.54, 1.807) is 5.38 Å². The fourth-order valence-electron chi connectivity index (χ4n) is 1.32. The molecule has 0 bridgehead atoms. The predicted molar refractivity (Wildman–Crippen MR) is 60.5 cm³/mol. The molecule has 2 nitrogen and oxygen atoms in total. The molecule has 2 rings (SSSR count). The molecular weight excluding hydrogens is 250 g/mol. The monoisotopic (exact) mass is 257 g/mol. The molecule has 1 heterocycles. The fourth-order valence-corrected chi connectivity index (χ4v) is 2.95. The number of alkyl halides is 1. The number of nitrogens with two attached hydrogens (primary N) is 1. The highest BCUT2D eigenvalue weighted by atomic mass is 79.9. The molecule has 0 aliphatic rings. The Morgan fingerprint density at radius 2 is 2.23 bits per heavy atom. The SMILES string of the molecule is Nc1ccc(CBr)c2scc(O)c12. The number of anilines is 1. The van der Waals surface area contributed by atoms with Crippen LogP contribution in [-0.2, 0) is 5.33 Å². The lowest BCUT2D eigenvalue weighted by atomic mass is 10.1. The second kappa shape index (κ2) is 3.20. The minimum atomic E-state index is 0.278. The summed E-state index contributed by atoms with van der Waals surface area (Å²) in [5.74, 6) is 0.278. The summed E-state index contributed by atoms with van der Waals surface area (Å²) < 4.78 is 1.06. The highest BCUT2D eigenvalue weighted by Gasteiger charge is 2.09. The van der Waals surface area contributed by atoms with Crippen LogP contribution in [0, 0.1) is 0 Å². The number of benzene rings is 1. The number of nitrogen functional groups attached to an aromatic ring is 1. The van der Waals surface area contributed by atoms with E-state index in [0.29, 0.717) is 5.69 Å². The van der Waals surface area contributed by atoms with Gasteiger partial charge >= 0.3 is 0 Å². The van der Waals surface area contributed by atoms with Crippen LogP contribution >= 0.6 is 27.3 Å². The van der Waals surface area contributed by atoms with Gasteiger partial charge in [-0.15, -0.1) is 11.3 Å². The van der Waals surface area contributed by atoms with Crippen molar-refractivity contribution in [3.05, 3.63) is 23.1 Å². The van der Waals surface area contributed by atoms with Crippen molar-refractivity contribution in [1.82, 2.24) is 0 Å². The summed E-state index contributed by atoms with van der Waals surface area (Å²) in [5, 5.41) is 12.8. The van der Waals surface area contributed by atoms with Crippen molar-refractivity contribution in [2.24, 2.45) is 0 Å². The van der Waals surface area contributed by atoms with Gasteiger partial charge in [-0.25, -0.2) is 0 Å². The zero-order chi connectivity index (χ0) is 9.42. The summed E-state index contributed by atoms with van der Waals surface area (Å²) in [6.07, 6.45) is 0. The number of thiophene rings is 1. The van der Waals surface area contributed by atoms with E-state index in [-0.39, 0.29) is 5.75 Å². The van der Waals surface area contributed by atoms with Gasteiger partial charge in [0.2, 0.25) is 0 Å². The Balaban J connectivity index is 2.87. The summed E-state index contributed by atoms with van der Waals surface area (Å²) in [4.78, 5) is 0. The van der Waals surface area contributed by atoms with Crippen molar-refractivity contribution < 1.29 is 5.11 Å². The smallest absolute Gasteiger partial charge is 0.136 e. The second-order valence-electron chi connectivity index (χ2n) is 2.77. The second-order valence-corrected chi connectivity index (χ2v) is 4.21. The molecule has 68 valence electrons. The normalized spacial score (nSPS) is 10.8. The van der Waals surface area contributed by atoms with Gasteiger partial charge in [0.15, 0.2) is 0 Å². The van der Waals surface area contributed by atoms with Crippen molar-refractivity contribution in [1.29, 1.82) is 0 Å². The van der Waals surface area contributed by atoms with E-state index in [9.17, 15) is 5.11 Å². The third-order valence-electron chi connectivity index (χ3n) is 1.96. The number of rotatable bonds is 1. The maximum absolute atomic E-state index is 9.53. The molecule has 13 heavy (non-hydrogen) atoms. The predicted octanol–water partition coefficient (Wildman–Crippen LogP) is 3.08. The first-order valence-corrected chi connectivity index (χ1v) is 5.77. The number of aromatic hydroxyl groups is 1. The zero-order valence-corrected chi connectivity index (χ0v) is 9.15. The highest BCUT2D eigenvalue weighted by Crippen LogP contribution is 2.38. The molecule has 0 saturated carbocycles. The number of hydrogen-bond acceptors (Lipinski definition) is 3. The van der Waals surface area contributed by atoms with Gasteiger partial charge in [0, 0.05) is 21.1 Å². The number of fused-ring (bicyclic) bond motifs is 1. The molecule has 0 unspecified atom stereocenters. The number of halogens is 1. The van der Waals surface area contributed by atoms with Crippen LogP contribution in [0.2, 0.25) is 0 Å². The Labute approximate surface area is 88.1 Å². The van der Waals surface area contributed by atoms with Gasteiger partial charge in [-0.2, -0.15) is 0 Å². The van der Waals surface area contributed by atoms with Crippen molar-refractivity contribution in [2.45, 2.75) is 5.33 Å². The summed E-state index contributed by atoms with van der Waals surface area (Å²) in [7, 11) is 0. The minimum absolute atomic E-state index is 0.278. The molecule has 3 N–H and O–H groups in total. The highest BCUT2D eigenvalue weighted by molar-refractivity contribution is 9.08. The molecule has 0 aliphatic heterocycles. The van der Waals surface area contributed by atoms with E-state index in [0.717, 1.165) is 21.0 Å². The van der Waals surface area contributed by atoms with Crippen LogP contribution in [0.3, 0.4) is 0 Å². The van der Waals surface area contributed by atoms with E-state index in [2.05, 4.69) is 15.9 Å². The first-order valence-electron chi connectivity index (χ1n) is 3.77. The number of hydrogen-bond donors (Lipinski definition) is 2. The van der Waals surface area contributed by atoms with Crippen LogP contribution in [0.4, 0.5) is 5.69 Å². The summed E-state index contributed by atoms with van der Waals surface area (Å²) in [6.45, 7) is 0. The first-order chi connectivity index (χ1) is 6.24. The molecule has 4 heteroatoms. The van der Waals surface area contributed by atoms with Crippen LogP contribution in [0.5, 0.6) is 5.75 Å². The molecule has 1 aromatic carbocycles. The summed E-state index contributed by atoms with van der Waals surface area (Å²) >= 11 is 4.92. The zero-order valence-electron chi connectivity index (χ0n) is 6.75. The van der Waals surface area contributed by atoms with Crippen molar-refractivity contribution >= 4 is 43.0 Å². The Morgan fingerprint density at radius 3 is 2.92 bits per heavy atom. The van der Waals surface area contributed by atoms with Crippen molar-refractivity contribution in [3.8, 4) is 5.75 Å². The van der Waals surface area contributed by atoms with Crippen LogP contribution in [0.25, 0.3) is 10.1 Å². The van der Waals surface area contributed by atoms with Gasteiger partial charge < -0.3 is 10.8 Å². The molecular formula is C9H8BrNOS. The van der Waals surface area contributed by atoms with Crippen LogP contribution in [-0.4, -0.2) is 5.11 Å². The molecule has 0 aliphatic carbocycles. The molecule has 0 radical (unpaired) electrons. The lowest BCUT2D eigenvalue weighted by Gasteiger charge is -2.01. The van der Waals surface area contributed by atoms with Gasteiger partial charge in [0.05, 0.1) is 5.39 Å². The third kappa shape index (κ3) is 1.30. The van der Waals surface area contributed by atoms with Crippen molar-refractivity contribution in [2.75, 3.05) is 5.73 Å². The summed E-state index contributed by atoms with van der Waals surface area (Å²) in [6, 6.07) is 3.80. The first kappa shape index (κ1) is 8.84. The maximum Gasteiger partial charge on any atom is 0.136 e. The molecule has 0 spiro atoms. The van der Waals surface area contributed by atoms with Crippen LogP contribution in [0.1, 0.15) is 5.56 Å². The lowest BCUT2D eigenvalue weighted by molar-refractivity contribution is 0.484. The van der Waals surface area contributed by atoms with Crippen molar-refractivity contribution in [3.63, 3.8) is 0 Å². The quantitative estimate of drug-likeness (QED) is 0.610. The molecule has 0 fully saturated rings. The van der Waals surface area contributed by atoms with E-state index >= 15 is 0 Å². The summed E-state index contributed by atoms with van der Waals surface area (Å²) in [5.41, 5.74) is 7.56. The minimum Gasteiger partial charge on any atom is -0.506 e. The third-order valence-corrected chi connectivity index (χ3v) is 3.61. The Hall–Kier alpha value is -0.740. The van der Waals surface area contributed by atoms with Crippen LogP contribution < -0.4 is 5.73 Å². The van der Waals surface area contributed by atoms with Gasteiger partial charge in [-0.1, -0.05) is 22.0 Å². The largest absolute Gasteiger partial charge is 0.506 e. The van der Waals surface area contributed by atoms with E-state index < -0.39 is 0 Å². The molecule has 0 amide bonds. The maximum atomic E-state index is 9.53. The topological polar surface area (TPSA) is 46.2 Å². The van der Waals surface area contributed by atoms with Gasteiger partial charge in [-0.05, 0) is 11.6 Å². The van der Waals surface area contributed by atoms with Crippen LogP contribution in [0.15, 0.2) is 17.5 Å². The molecule has 0 saturated heterocycles. The van der Waals surface area contributed by atoms with E-state index in [1.165, 1.54) is 11.3 Å². The van der Waals surface area contributed by atoms with Gasteiger partial charge in [0.1, 0.15) is 5.75 Å². The van der Waals surface area contributed by atoms with Gasteiger partial charge in [-0.3, -0.25) is 0 Å². The molecule has 0 atom stereocenters. The Bertz CT molecular complexity index is 452. The average Bonchev–Trinajstić information content (AvgIpc) is 2.50.